The zero-order chi connectivity index (χ0) is 16.5. The Bertz CT molecular complexity index is 554. The molecule has 0 fully saturated rings. The molecule has 2 heterocycles. The Morgan fingerprint density at radius 3 is 2.50 bits per heavy atom. The van der Waals surface area contributed by atoms with Gasteiger partial charge in [-0.2, -0.15) is 5.10 Å². The second-order valence-corrected chi connectivity index (χ2v) is 5.55. The summed E-state index contributed by atoms with van der Waals surface area (Å²) >= 11 is 0. The van der Waals surface area contributed by atoms with Gasteiger partial charge >= 0.3 is 11.9 Å². The third kappa shape index (κ3) is 2.39. The molecule has 0 spiro atoms. The minimum atomic E-state index is -1.37. The van der Waals surface area contributed by atoms with Crippen LogP contribution in [-0.4, -0.2) is 59.2 Å². The predicted octanol–water partition coefficient (Wildman–Crippen LogP) is 0.624. The number of rotatable bonds is 4. The third-order valence-electron chi connectivity index (χ3n) is 4.16. The van der Waals surface area contributed by atoms with Crippen LogP contribution in [0.15, 0.2) is 16.2 Å². The standard InChI is InChI=1S/C15H22N2O5/c1-5-21-13(19)11-12(18)15(14(20)22-6-2)7-9(3)10(4)8-17(15)16-11/h12,18H,5-8H2,1-4H3. The normalized spacial score (nSPS) is 27.4. The van der Waals surface area contributed by atoms with Crippen LogP contribution in [-0.2, 0) is 19.1 Å². The molecule has 0 amide bonds. The van der Waals surface area contributed by atoms with E-state index in [2.05, 4.69) is 5.10 Å². The summed E-state index contributed by atoms with van der Waals surface area (Å²) in [6, 6.07) is 0. The maximum absolute atomic E-state index is 12.5. The van der Waals surface area contributed by atoms with E-state index in [-0.39, 0.29) is 25.3 Å². The Balaban J connectivity index is 2.42. The lowest BCUT2D eigenvalue weighted by molar-refractivity contribution is -0.162. The first-order valence-electron chi connectivity index (χ1n) is 7.42. The first-order valence-corrected chi connectivity index (χ1v) is 7.42. The van der Waals surface area contributed by atoms with Gasteiger partial charge in [0, 0.05) is 6.42 Å². The van der Waals surface area contributed by atoms with E-state index >= 15 is 0 Å². The lowest BCUT2D eigenvalue weighted by atomic mass is 9.80. The fourth-order valence-corrected chi connectivity index (χ4v) is 2.82. The largest absolute Gasteiger partial charge is 0.464 e. The summed E-state index contributed by atoms with van der Waals surface area (Å²) in [6.07, 6.45) is -1.10. The molecule has 0 saturated heterocycles. The molecule has 0 aromatic carbocycles. The number of aliphatic hydroxyl groups excluding tert-OH is 1. The molecular formula is C15H22N2O5. The van der Waals surface area contributed by atoms with Gasteiger partial charge < -0.3 is 14.6 Å². The van der Waals surface area contributed by atoms with Crippen molar-refractivity contribution in [2.75, 3.05) is 19.8 Å². The molecule has 7 heteroatoms. The molecular weight excluding hydrogens is 288 g/mol. The van der Waals surface area contributed by atoms with Crippen LogP contribution in [0.3, 0.4) is 0 Å². The van der Waals surface area contributed by atoms with Crippen LogP contribution < -0.4 is 0 Å². The van der Waals surface area contributed by atoms with E-state index in [1.807, 2.05) is 13.8 Å². The zero-order valence-corrected chi connectivity index (χ0v) is 13.4. The van der Waals surface area contributed by atoms with Crippen LogP contribution in [0.2, 0.25) is 0 Å². The number of nitrogens with zero attached hydrogens (tertiary/aromatic N) is 2. The van der Waals surface area contributed by atoms with Gasteiger partial charge in [0.1, 0.15) is 6.10 Å². The number of esters is 2. The number of hydrogen-bond donors (Lipinski definition) is 1. The van der Waals surface area contributed by atoms with E-state index in [0.29, 0.717) is 6.54 Å². The Hall–Kier alpha value is -1.89. The lowest BCUT2D eigenvalue weighted by Gasteiger charge is -2.41. The highest BCUT2D eigenvalue weighted by Gasteiger charge is 2.60. The van der Waals surface area contributed by atoms with Crippen LogP contribution >= 0.6 is 0 Å². The number of fused-ring (bicyclic) bond motifs is 1. The molecule has 0 radical (unpaired) electrons. The Labute approximate surface area is 129 Å². The summed E-state index contributed by atoms with van der Waals surface area (Å²) in [5, 5.41) is 16.3. The van der Waals surface area contributed by atoms with Gasteiger partial charge in [-0.3, -0.25) is 5.01 Å². The molecule has 0 bridgehead atoms. The second kappa shape index (κ2) is 6.08. The Kier molecular flexibility index (Phi) is 4.55. The molecule has 0 aliphatic carbocycles. The van der Waals surface area contributed by atoms with Crippen LogP contribution in [0.5, 0.6) is 0 Å². The number of ether oxygens (including phenoxy) is 2. The van der Waals surface area contributed by atoms with Crippen LogP contribution in [0.25, 0.3) is 0 Å². The van der Waals surface area contributed by atoms with Gasteiger partial charge in [-0.05, 0) is 27.7 Å². The topological polar surface area (TPSA) is 88.4 Å². The first-order chi connectivity index (χ1) is 10.4. The average molecular weight is 310 g/mol. The Morgan fingerprint density at radius 2 is 1.91 bits per heavy atom. The minimum absolute atomic E-state index is 0.141. The molecule has 2 atom stereocenters. The molecule has 2 aliphatic rings. The highest BCUT2D eigenvalue weighted by atomic mass is 16.5. The molecule has 22 heavy (non-hydrogen) atoms. The summed E-state index contributed by atoms with van der Waals surface area (Å²) in [7, 11) is 0. The van der Waals surface area contributed by atoms with E-state index in [0.717, 1.165) is 11.1 Å². The molecule has 2 rings (SSSR count). The van der Waals surface area contributed by atoms with Crippen molar-refractivity contribution >= 4 is 17.7 Å². The molecule has 1 N–H and O–H groups in total. The van der Waals surface area contributed by atoms with Gasteiger partial charge in [0.25, 0.3) is 0 Å². The molecule has 7 nitrogen and oxygen atoms in total. The Morgan fingerprint density at radius 1 is 1.27 bits per heavy atom. The van der Waals surface area contributed by atoms with Crippen LogP contribution in [0.1, 0.15) is 34.1 Å². The van der Waals surface area contributed by atoms with Crippen molar-refractivity contribution in [2.45, 2.75) is 45.8 Å². The number of aliphatic hydroxyl groups is 1. The number of hydrogen-bond acceptors (Lipinski definition) is 7. The highest BCUT2D eigenvalue weighted by molar-refractivity contribution is 6.39. The zero-order valence-electron chi connectivity index (χ0n) is 13.4. The van der Waals surface area contributed by atoms with Gasteiger partial charge in [-0.1, -0.05) is 11.1 Å². The van der Waals surface area contributed by atoms with Crippen molar-refractivity contribution < 1.29 is 24.2 Å². The maximum atomic E-state index is 12.5. The van der Waals surface area contributed by atoms with E-state index in [1.165, 1.54) is 5.01 Å². The summed E-state index contributed by atoms with van der Waals surface area (Å²) in [5.74, 6) is -1.28. The van der Waals surface area contributed by atoms with Crippen molar-refractivity contribution in [1.29, 1.82) is 0 Å². The van der Waals surface area contributed by atoms with E-state index in [9.17, 15) is 14.7 Å². The third-order valence-corrected chi connectivity index (χ3v) is 4.16. The van der Waals surface area contributed by atoms with Crippen molar-refractivity contribution in [2.24, 2.45) is 5.10 Å². The fourth-order valence-electron chi connectivity index (χ4n) is 2.82. The summed E-state index contributed by atoms with van der Waals surface area (Å²) in [4.78, 5) is 24.5. The van der Waals surface area contributed by atoms with Gasteiger partial charge in [-0.15, -0.1) is 0 Å². The van der Waals surface area contributed by atoms with Crippen molar-refractivity contribution in [3.63, 3.8) is 0 Å². The van der Waals surface area contributed by atoms with Gasteiger partial charge in [-0.25, -0.2) is 9.59 Å². The van der Waals surface area contributed by atoms with Crippen LogP contribution in [0, 0.1) is 0 Å². The monoisotopic (exact) mass is 310 g/mol. The molecule has 122 valence electrons. The number of carbonyl (C=O) groups excluding carboxylic acids is 2. The molecule has 2 unspecified atom stereocenters. The average Bonchev–Trinajstić information content (AvgIpc) is 2.74. The summed E-state index contributed by atoms with van der Waals surface area (Å²) in [6.45, 7) is 7.95. The van der Waals surface area contributed by atoms with Crippen molar-refractivity contribution in [3.8, 4) is 0 Å². The van der Waals surface area contributed by atoms with E-state index < -0.39 is 23.6 Å². The summed E-state index contributed by atoms with van der Waals surface area (Å²) < 4.78 is 10.1. The number of hydrazone groups is 1. The lowest BCUT2D eigenvalue weighted by Crippen LogP contribution is -2.61. The quantitative estimate of drug-likeness (QED) is 0.605. The van der Waals surface area contributed by atoms with E-state index in [1.54, 1.807) is 13.8 Å². The SMILES string of the molecule is CCOC(=O)C1=NN2CC(C)=C(C)CC2(C(=O)OCC)C1O. The molecule has 0 aromatic heterocycles. The number of carbonyl (C=O) groups is 2. The molecule has 2 aliphatic heterocycles. The maximum Gasteiger partial charge on any atom is 0.357 e. The smallest absolute Gasteiger partial charge is 0.357 e. The van der Waals surface area contributed by atoms with Crippen molar-refractivity contribution in [1.82, 2.24) is 5.01 Å². The van der Waals surface area contributed by atoms with Crippen molar-refractivity contribution in [3.05, 3.63) is 11.1 Å². The predicted molar refractivity (Wildman–Crippen MR) is 79.1 cm³/mol. The van der Waals surface area contributed by atoms with Gasteiger partial charge in [0.2, 0.25) is 0 Å². The molecule has 0 saturated carbocycles. The highest BCUT2D eigenvalue weighted by Crippen LogP contribution is 2.40. The van der Waals surface area contributed by atoms with Gasteiger partial charge in [0.15, 0.2) is 11.3 Å². The first kappa shape index (κ1) is 16.5. The minimum Gasteiger partial charge on any atom is -0.464 e. The van der Waals surface area contributed by atoms with E-state index in [4.69, 9.17) is 9.47 Å². The van der Waals surface area contributed by atoms with Gasteiger partial charge in [0.05, 0.1) is 19.8 Å². The van der Waals surface area contributed by atoms with Crippen LogP contribution in [0.4, 0.5) is 0 Å². The fraction of sp³-hybridized carbons (Fsp3) is 0.667. The second-order valence-electron chi connectivity index (χ2n) is 5.55. The molecule has 0 aromatic rings. The summed E-state index contributed by atoms with van der Waals surface area (Å²) in [5.41, 5.74) is 0.531.